The van der Waals surface area contributed by atoms with Crippen LogP contribution < -0.4 is 5.32 Å². The van der Waals surface area contributed by atoms with E-state index in [2.05, 4.69) is 24.4 Å². The van der Waals surface area contributed by atoms with E-state index in [0.29, 0.717) is 5.56 Å². The Morgan fingerprint density at radius 3 is 2.48 bits per heavy atom. The molecule has 0 aliphatic carbocycles. The first kappa shape index (κ1) is 15.5. The molecule has 112 valence electrons. The standard InChI is InChI=1S/C18H22FNO/c1-3-7-18(14-8-5-4-6-9-14)20-13(2)16-11-10-15(21)12-17(16)19/h4-6,8-13,18,20-21H,3,7H2,1-2H3. The largest absolute Gasteiger partial charge is 0.508 e. The summed E-state index contributed by atoms with van der Waals surface area (Å²) in [4.78, 5) is 0. The van der Waals surface area contributed by atoms with E-state index >= 15 is 0 Å². The zero-order valence-corrected chi connectivity index (χ0v) is 12.5. The number of phenolic OH excluding ortho intramolecular Hbond substituents is 1. The van der Waals surface area contributed by atoms with E-state index < -0.39 is 0 Å². The Morgan fingerprint density at radius 2 is 1.86 bits per heavy atom. The Hall–Kier alpha value is -1.87. The van der Waals surface area contributed by atoms with Crippen molar-refractivity contribution in [3.05, 3.63) is 65.5 Å². The predicted octanol–water partition coefficient (Wildman–Crippen LogP) is 4.72. The van der Waals surface area contributed by atoms with Crippen molar-refractivity contribution in [3.63, 3.8) is 0 Å². The second kappa shape index (κ2) is 7.23. The van der Waals surface area contributed by atoms with Crippen molar-refractivity contribution in [3.8, 4) is 5.75 Å². The monoisotopic (exact) mass is 287 g/mol. The average Bonchev–Trinajstić information content (AvgIpc) is 2.47. The third kappa shape index (κ3) is 4.05. The number of aromatic hydroxyl groups is 1. The van der Waals surface area contributed by atoms with Crippen LogP contribution in [0, 0.1) is 5.82 Å². The lowest BCUT2D eigenvalue weighted by Crippen LogP contribution is -2.25. The lowest BCUT2D eigenvalue weighted by Gasteiger charge is -2.24. The topological polar surface area (TPSA) is 32.3 Å². The zero-order valence-electron chi connectivity index (χ0n) is 12.5. The number of hydrogen-bond acceptors (Lipinski definition) is 2. The highest BCUT2D eigenvalue weighted by Crippen LogP contribution is 2.26. The third-order valence-corrected chi connectivity index (χ3v) is 3.68. The molecule has 0 saturated carbocycles. The summed E-state index contributed by atoms with van der Waals surface area (Å²) in [5.74, 6) is -0.421. The number of rotatable bonds is 6. The molecule has 0 fully saturated rings. The highest BCUT2D eigenvalue weighted by molar-refractivity contribution is 5.30. The molecule has 0 aliphatic rings. The smallest absolute Gasteiger partial charge is 0.131 e. The van der Waals surface area contributed by atoms with Gasteiger partial charge in [-0.15, -0.1) is 0 Å². The normalized spacial score (nSPS) is 13.9. The molecule has 21 heavy (non-hydrogen) atoms. The fourth-order valence-electron chi connectivity index (χ4n) is 2.58. The highest BCUT2D eigenvalue weighted by atomic mass is 19.1. The maximum atomic E-state index is 13.9. The van der Waals surface area contributed by atoms with Crippen LogP contribution in [0.2, 0.25) is 0 Å². The van der Waals surface area contributed by atoms with Crippen LogP contribution in [0.1, 0.15) is 49.9 Å². The van der Waals surface area contributed by atoms with Crippen molar-refractivity contribution >= 4 is 0 Å². The Labute approximate surface area is 125 Å². The summed E-state index contributed by atoms with van der Waals surface area (Å²) in [7, 11) is 0. The van der Waals surface area contributed by atoms with Gasteiger partial charge in [0.1, 0.15) is 11.6 Å². The molecule has 0 aromatic heterocycles. The van der Waals surface area contributed by atoms with Gasteiger partial charge in [0.05, 0.1) is 0 Å². The van der Waals surface area contributed by atoms with Gasteiger partial charge in [0.15, 0.2) is 0 Å². The molecule has 0 bridgehead atoms. The van der Waals surface area contributed by atoms with Gasteiger partial charge < -0.3 is 10.4 Å². The molecule has 0 aliphatic heterocycles. The van der Waals surface area contributed by atoms with Crippen molar-refractivity contribution in [2.75, 3.05) is 0 Å². The van der Waals surface area contributed by atoms with Gasteiger partial charge in [-0.25, -0.2) is 4.39 Å². The van der Waals surface area contributed by atoms with Crippen molar-refractivity contribution in [2.24, 2.45) is 0 Å². The van der Waals surface area contributed by atoms with Gasteiger partial charge in [-0.05, 0) is 25.0 Å². The summed E-state index contributed by atoms with van der Waals surface area (Å²) in [6.07, 6.45) is 2.05. The summed E-state index contributed by atoms with van der Waals surface area (Å²) in [5.41, 5.74) is 1.79. The van der Waals surface area contributed by atoms with E-state index in [9.17, 15) is 9.50 Å². The van der Waals surface area contributed by atoms with E-state index in [1.54, 1.807) is 6.07 Å². The second-order valence-electron chi connectivity index (χ2n) is 5.35. The van der Waals surface area contributed by atoms with E-state index in [1.807, 2.05) is 25.1 Å². The molecule has 0 heterocycles. The van der Waals surface area contributed by atoms with Crippen LogP contribution in [0.25, 0.3) is 0 Å². The quantitative estimate of drug-likeness (QED) is 0.805. The lowest BCUT2D eigenvalue weighted by molar-refractivity contribution is 0.424. The number of phenols is 1. The van der Waals surface area contributed by atoms with Crippen molar-refractivity contribution < 1.29 is 9.50 Å². The number of benzene rings is 2. The van der Waals surface area contributed by atoms with Crippen LogP contribution in [0.15, 0.2) is 48.5 Å². The van der Waals surface area contributed by atoms with Crippen LogP contribution in [0.3, 0.4) is 0 Å². The van der Waals surface area contributed by atoms with E-state index in [1.165, 1.54) is 11.6 Å². The summed E-state index contributed by atoms with van der Waals surface area (Å²) in [6.45, 7) is 4.09. The van der Waals surface area contributed by atoms with E-state index in [4.69, 9.17) is 0 Å². The van der Waals surface area contributed by atoms with E-state index in [-0.39, 0.29) is 23.7 Å². The van der Waals surface area contributed by atoms with Crippen molar-refractivity contribution in [2.45, 2.75) is 38.8 Å². The minimum absolute atomic E-state index is 0.0448. The van der Waals surface area contributed by atoms with Crippen LogP contribution in [0.5, 0.6) is 5.75 Å². The zero-order chi connectivity index (χ0) is 15.2. The molecular weight excluding hydrogens is 265 g/mol. The molecule has 0 amide bonds. The van der Waals surface area contributed by atoms with Crippen LogP contribution >= 0.6 is 0 Å². The Kier molecular flexibility index (Phi) is 5.34. The first-order chi connectivity index (χ1) is 10.1. The molecule has 3 heteroatoms. The molecular formula is C18H22FNO. The molecule has 2 atom stereocenters. The van der Waals surface area contributed by atoms with Crippen LogP contribution in [-0.4, -0.2) is 5.11 Å². The maximum Gasteiger partial charge on any atom is 0.131 e. The van der Waals surface area contributed by atoms with Crippen LogP contribution in [0.4, 0.5) is 4.39 Å². The Morgan fingerprint density at radius 1 is 1.14 bits per heavy atom. The number of nitrogens with one attached hydrogen (secondary N) is 1. The summed E-state index contributed by atoms with van der Waals surface area (Å²) < 4.78 is 13.9. The lowest BCUT2D eigenvalue weighted by atomic mass is 9.99. The SMILES string of the molecule is CCCC(NC(C)c1ccc(O)cc1F)c1ccccc1. The van der Waals surface area contributed by atoms with Gasteiger partial charge in [0.2, 0.25) is 0 Å². The third-order valence-electron chi connectivity index (χ3n) is 3.68. The Bertz CT molecular complexity index is 571. The maximum absolute atomic E-state index is 13.9. The minimum Gasteiger partial charge on any atom is -0.508 e. The molecule has 2 rings (SSSR count). The highest BCUT2D eigenvalue weighted by Gasteiger charge is 2.17. The molecule has 0 spiro atoms. The summed E-state index contributed by atoms with van der Waals surface area (Å²) in [6, 6.07) is 14.6. The summed E-state index contributed by atoms with van der Waals surface area (Å²) in [5, 5.41) is 12.8. The van der Waals surface area contributed by atoms with Gasteiger partial charge in [0.25, 0.3) is 0 Å². The molecule has 2 nitrogen and oxygen atoms in total. The molecule has 2 N–H and O–H groups in total. The molecule has 0 saturated heterocycles. The van der Waals surface area contributed by atoms with Gasteiger partial charge in [0, 0.05) is 23.7 Å². The number of halogens is 1. The predicted molar refractivity (Wildman–Crippen MR) is 83.7 cm³/mol. The second-order valence-corrected chi connectivity index (χ2v) is 5.35. The van der Waals surface area contributed by atoms with Crippen molar-refractivity contribution in [1.82, 2.24) is 5.32 Å². The van der Waals surface area contributed by atoms with Crippen molar-refractivity contribution in [1.29, 1.82) is 0 Å². The van der Waals surface area contributed by atoms with E-state index in [0.717, 1.165) is 18.9 Å². The fraction of sp³-hybridized carbons (Fsp3) is 0.333. The average molecular weight is 287 g/mol. The summed E-state index contributed by atoms with van der Waals surface area (Å²) >= 11 is 0. The molecule has 2 unspecified atom stereocenters. The fourth-order valence-corrected chi connectivity index (χ4v) is 2.58. The Balaban J connectivity index is 2.16. The number of hydrogen-bond donors (Lipinski definition) is 2. The molecule has 2 aromatic rings. The van der Waals surface area contributed by atoms with Gasteiger partial charge >= 0.3 is 0 Å². The molecule has 2 aromatic carbocycles. The molecule has 0 radical (unpaired) electrons. The van der Waals surface area contributed by atoms with Crippen LogP contribution in [-0.2, 0) is 0 Å². The van der Waals surface area contributed by atoms with Gasteiger partial charge in [-0.1, -0.05) is 49.7 Å². The van der Waals surface area contributed by atoms with Gasteiger partial charge in [-0.3, -0.25) is 0 Å². The first-order valence-electron chi connectivity index (χ1n) is 7.41. The first-order valence-corrected chi connectivity index (χ1v) is 7.41. The van der Waals surface area contributed by atoms with Gasteiger partial charge in [-0.2, -0.15) is 0 Å². The minimum atomic E-state index is -0.377.